The number of halogens is 1. The van der Waals surface area contributed by atoms with Crippen molar-refractivity contribution in [3.8, 4) is 0 Å². The Kier molecular flexibility index (Phi) is 4.42. The zero-order valence-electron chi connectivity index (χ0n) is 10.6. The Labute approximate surface area is 121 Å². The van der Waals surface area contributed by atoms with Crippen LogP contribution in [0.2, 0.25) is 0 Å². The van der Waals surface area contributed by atoms with Gasteiger partial charge in [0.1, 0.15) is 0 Å². The first kappa shape index (κ1) is 14.3. The fourth-order valence-electron chi connectivity index (χ4n) is 1.70. The number of sulfone groups is 1. The van der Waals surface area contributed by atoms with Gasteiger partial charge in [-0.2, -0.15) is 5.10 Å². The van der Waals surface area contributed by atoms with Crippen molar-refractivity contribution in [1.29, 1.82) is 0 Å². The number of hydrogen-bond acceptors (Lipinski definition) is 3. The highest BCUT2D eigenvalue weighted by molar-refractivity contribution is 9.10. The minimum absolute atomic E-state index is 0.0791. The van der Waals surface area contributed by atoms with Crippen molar-refractivity contribution in [3.63, 3.8) is 0 Å². The number of benzene rings is 1. The van der Waals surface area contributed by atoms with Gasteiger partial charge in [-0.25, -0.2) is 8.42 Å². The molecular formula is C13H15BrN2O2S. The zero-order chi connectivity index (χ0) is 13.9. The monoisotopic (exact) mass is 342 g/mol. The Morgan fingerprint density at radius 3 is 2.53 bits per heavy atom. The van der Waals surface area contributed by atoms with Gasteiger partial charge in [-0.3, -0.25) is 4.68 Å². The van der Waals surface area contributed by atoms with Crippen molar-refractivity contribution in [1.82, 2.24) is 9.78 Å². The molecule has 1 aromatic heterocycles. The number of nitrogens with zero attached hydrogens (tertiary/aromatic N) is 2. The molecule has 0 radical (unpaired) electrons. The Balaban J connectivity index is 1.97. The predicted octanol–water partition coefficient (Wildman–Crippen LogP) is 2.57. The molecule has 2 rings (SSSR count). The Hall–Kier alpha value is -1.14. The van der Waals surface area contributed by atoms with E-state index < -0.39 is 9.84 Å². The summed E-state index contributed by atoms with van der Waals surface area (Å²) in [5.41, 5.74) is 1.95. The maximum absolute atomic E-state index is 12.0. The molecule has 1 heterocycles. The van der Waals surface area contributed by atoms with Crippen LogP contribution in [0.1, 0.15) is 11.1 Å². The van der Waals surface area contributed by atoms with Crippen molar-refractivity contribution < 1.29 is 8.42 Å². The third-order valence-electron chi connectivity index (χ3n) is 2.74. The highest BCUT2D eigenvalue weighted by atomic mass is 79.9. The minimum Gasteiger partial charge on any atom is -0.271 e. The van der Waals surface area contributed by atoms with E-state index >= 15 is 0 Å². The molecule has 0 aliphatic heterocycles. The fourth-order valence-corrected chi connectivity index (χ4v) is 3.34. The second-order valence-corrected chi connectivity index (χ2v) is 7.60. The summed E-state index contributed by atoms with van der Waals surface area (Å²) in [4.78, 5) is 0. The van der Waals surface area contributed by atoms with Gasteiger partial charge in [0.2, 0.25) is 0 Å². The van der Waals surface area contributed by atoms with Crippen LogP contribution >= 0.6 is 15.9 Å². The number of hydrogen-bond donors (Lipinski definition) is 0. The van der Waals surface area contributed by atoms with Gasteiger partial charge in [0.15, 0.2) is 9.84 Å². The standard InChI is InChI=1S/C13H15BrN2O2S/c1-11-2-4-12(5-3-11)10-19(17,18)7-6-16-9-13(14)8-15-16/h2-5,8-9H,6-7,10H2,1H3. The summed E-state index contributed by atoms with van der Waals surface area (Å²) in [5.74, 6) is 0.171. The molecule has 6 heteroatoms. The van der Waals surface area contributed by atoms with Crippen LogP contribution in [0.5, 0.6) is 0 Å². The summed E-state index contributed by atoms with van der Waals surface area (Å²) in [6.07, 6.45) is 3.41. The first-order valence-electron chi connectivity index (χ1n) is 5.88. The molecule has 1 aromatic carbocycles. The number of aromatic nitrogens is 2. The maximum Gasteiger partial charge on any atom is 0.156 e. The van der Waals surface area contributed by atoms with Crippen molar-refractivity contribution in [2.45, 2.75) is 19.2 Å². The van der Waals surface area contributed by atoms with Gasteiger partial charge in [0.05, 0.1) is 28.7 Å². The molecule has 0 fully saturated rings. The number of aryl methyl sites for hydroxylation is 2. The molecule has 0 bridgehead atoms. The van der Waals surface area contributed by atoms with E-state index in [1.165, 1.54) is 0 Å². The van der Waals surface area contributed by atoms with E-state index in [1.54, 1.807) is 17.1 Å². The predicted molar refractivity (Wildman–Crippen MR) is 78.6 cm³/mol. The summed E-state index contributed by atoms with van der Waals surface area (Å²) >= 11 is 3.28. The van der Waals surface area contributed by atoms with Crippen LogP contribution in [0.4, 0.5) is 0 Å². The smallest absolute Gasteiger partial charge is 0.156 e. The lowest BCUT2D eigenvalue weighted by Crippen LogP contribution is -2.15. The van der Waals surface area contributed by atoms with Crippen LogP contribution in [-0.4, -0.2) is 24.0 Å². The molecule has 0 saturated carbocycles. The molecule has 19 heavy (non-hydrogen) atoms. The molecule has 4 nitrogen and oxygen atoms in total. The van der Waals surface area contributed by atoms with E-state index in [2.05, 4.69) is 21.0 Å². The zero-order valence-corrected chi connectivity index (χ0v) is 13.0. The average Bonchev–Trinajstić information content (AvgIpc) is 2.76. The van der Waals surface area contributed by atoms with Gasteiger partial charge in [-0.1, -0.05) is 29.8 Å². The summed E-state index contributed by atoms with van der Waals surface area (Å²) in [7, 11) is -3.11. The summed E-state index contributed by atoms with van der Waals surface area (Å²) in [5, 5.41) is 4.04. The fraction of sp³-hybridized carbons (Fsp3) is 0.308. The summed E-state index contributed by atoms with van der Waals surface area (Å²) in [6, 6.07) is 7.57. The lowest BCUT2D eigenvalue weighted by molar-refractivity contribution is 0.580. The Morgan fingerprint density at radius 2 is 1.95 bits per heavy atom. The third-order valence-corrected chi connectivity index (χ3v) is 4.73. The second kappa shape index (κ2) is 5.88. The molecule has 0 N–H and O–H groups in total. The Morgan fingerprint density at radius 1 is 1.26 bits per heavy atom. The molecule has 0 spiro atoms. The molecule has 0 saturated heterocycles. The summed E-state index contributed by atoms with van der Waals surface area (Å²) in [6.45, 7) is 2.35. The van der Waals surface area contributed by atoms with Crippen molar-refractivity contribution >= 4 is 25.8 Å². The van der Waals surface area contributed by atoms with E-state index in [1.807, 2.05) is 31.2 Å². The highest BCUT2D eigenvalue weighted by Crippen LogP contribution is 2.10. The van der Waals surface area contributed by atoms with Crippen molar-refractivity contribution in [2.75, 3.05) is 5.75 Å². The van der Waals surface area contributed by atoms with Gasteiger partial charge < -0.3 is 0 Å². The van der Waals surface area contributed by atoms with E-state index in [4.69, 9.17) is 0 Å². The molecule has 0 aliphatic rings. The molecule has 102 valence electrons. The van der Waals surface area contributed by atoms with Gasteiger partial charge in [-0.05, 0) is 28.4 Å². The second-order valence-electron chi connectivity index (χ2n) is 4.50. The summed E-state index contributed by atoms with van der Waals surface area (Å²) < 4.78 is 26.5. The maximum atomic E-state index is 12.0. The first-order chi connectivity index (χ1) is 8.94. The highest BCUT2D eigenvalue weighted by Gasteiger charge is 2.12. The third kappa shape index (κ3) is 4.47. The molecule has 2 aromatic rings. The molecule has 0 atom stereocenters. The topological polar surface area (TPSA) is 52.0 Å². The van der Waals surface area contributed by atoms with Crippen LogP contribution in [0, 0.1) is 6.92 Å². The van der Waals surface area contributed by atoms with Crippen LogP contribution in [-0.2, 0) is 22.1 Å². The van der Waals surface area contributed by atoms with E-state index in [9.17, 15) is 8.42 Å². The number of rotatable bonds is 5. The van der Waals surface area contributed by atoms with Crippen molar-refractivity contribution in [2.24, 2.45) is 0 Å². The van der Waals surface area contributed by atoms with Crippen molar-refractivity contribution in [3.05, 3.63) is 52.3 Å². The Bertz CT molecular complexity index is 648. The van der Waals surface area contributed by atoms with E-state index in [0.29, 0.717) is 6.54 Å². The van der Waals surface area contributed by atoms with Gasteiger partial charge in [-0.15, -0.1) is 0 Å². The lowest BCUT2D eigenvalue weighted by Gasteiger charge is -2.05. The molecule has 0 amide bonds. The minimum atomic E-state index is -3.11. The van der Waals surface area contributed by atoms with Crippen LogP contribution in [0.25, 0.3) is 0 Å². The molecule has 0 aliphatic carbocycles. The van der Waals surface area contributed by atoms with Crippen LogP contribution in [0.3, 0.4) is 0 Å². The molecular weight excluding hydrogens is 328 g/mol. The lowest BCUT2D eigenvalue weighted by atomic mass is 10.2. The van der Waals surface area contributed by atoms with Gasteiger partial charge in [0, 0.05) is 6.20 Å². The van der Waals surface area contributed by atoms with E-state index in [0.717, 1.165) is 15.6 Å². The largest absolute Gasteiger partial charge is 0.271 e. The first-order valence-corrected chi connectivity index (χ1v) is 8.50. The van der Waals surface area contributed by atoms with Gasteiger partial charge in [0.25, 0.3) is 0 Å². The SMILES string of the molecule is Cc1ccc(CS(=O)(=O)CCn2cc(Br)cn2)cc1. The average molecular weight is 343 g/mol. The van der Waals surface area contributed by atoms with Crippen LogP contribution in [0.15, 0.2) is 41.1 Å². The molecule has 0 unspecified atom stereocenters. The van der Waals surface area contributed by atoms with Gasteiger partial charge >= 0.3 is 0 Å². The van der Waals surface area contributed by atoms with E-state index in [-0.39, 0.29) is 11.5 Å². The quantitative estimate of drug-likeness (QED) is 0.838. The van der Waals surface area contributed by atoms with Crippen LogP contribution < -0.4 is 0 Å². The normalized spacial score (nSPS) is 11.7.